The Morgan fingerprint density at radius 1 is 1.20 bits per heavy atom. The van der Waals surface area contributed by atoms with Crippen LogP contribution in [0, 0.1) is 0 Å². The normalized spacial score (nSPS) is 10.9. The van der Waals surface area contributed by atoms with Gasteiger partial charge in [0.05, 0.1) is 22.7 Å². The van der Waals surface area contributed by atoms with Crippen LogP contribution < -0.4 is 5.32 Å². The third-order valence-corrected chi connectivity index (χ3v) is 4.92. The Balaban J connectivity index is 1.62. The zero-order valence-corrected chi connectivity index (χ0v) is 14.5. The van der Waals surface area contributed by atoms with Gasteiger partial charge in [0.1, 0.15) is 5.69 Å². The molecule has 4 rings (SSSR count). The highest BCUT2D eigenvalue weighted by Gasteiger charge is 2.15. The van der Waals surface area contributed by atoms with E-state index in [0.717, 1.165) is 22.3 Å². The van der Waals surface area contributed by atoms with E-state index in [1.165, 1.54) is 16.9 Å². The van der Waals surface area contributed by atoms with Crippen molar-refractivity contribution in [3.05, 3.63) is 72.3 Å². The van der Waals surface area contributed by atoms with Gasteiger partial charge < -0.3 is 0 Å². The van der Waals surface area contributed by atoms with Gasteiger partial charge in [-0.1, -0.05) is 42.5 Å². The SMILES string of the molecule is CCc1ccc2nc(NC(=O)c3cncn3-c3ccccc3)sc2c1. The number of amides is 1. The van der Waals surface area contributed by atoms with Crippen molar-refractivity contribution in [1.82, 2.24) is 14.5 Å². The van der Waals surface area contributed by atoms with Crippen LogP contribution in [-0.4, -0.2) is 20.4 Å². The third kappa shape index (κ3) is 3.04. The number of fused-ring (bicyclic) bond motifs is 1. The number of thiazole rings is 1. The second-order valence-electron chi connectivity index (χ2n) is 5.61. The summed E-state index contributed by atoms with van der Waals surface area (Å²) in [5.74, 6) is -0.226. The maximum Gasteiger partial charge on any atom is 0.276 e. The van der Waals surface area contributed by atoms with Gasteiger partial charge in [-0.25, -0.2) is 9.97 Å². The maximum atomic E-state index is 12.7. The predicted molar refractivity (Wildman–Crippen MR) is 101 cm³/mol. The predicted octanol–water partition coefficient (Wildman–Crippen LogP) is 4.30. The van der Waals surface area contributed by atoms with E-state index in [4.69, 9.17) is 0 Å². The molecule has 0 aliphatic carbocycles. The zero-order valence-electron chi connectivity index (χ0n) is 13.6. The summed E-state index contributed by atoms with van der Waals surface area (Å²) in [5, 5.41) is 3.48. The molecule has 0 spiro atoms. The molecule has 0 aliphatic heterocycles. The number of aromatic nitrogens is 3. The Bertz CT molecular complexity index is 1040. The van der Waals surface area contributed by atoms with Crippen LogP contribution in [0.5, 0.6) is 0 Å². The average molecular weight is 348 g/mol. The smallest absolute Gasteiger partial charge is 0.276 e. The number of rotatable bonds is 4. The molecule has 0 atom stereocenters. The first kappa shape index (κ1) is 15.5. The number of hydrogen-bond donors (Lipinski definition) is 1. The van der Waals surface area contributed by atoms with Crippen LogP contribution in [0.3, 0.4) is 0 Å². The molecule has 1 amide bonds. The first-order valence-corrected chi connectivity index (χ1v) is 8.85. The summed E-state index contributed by atoms with van der Waals surface area (Å²) >= 11 is 1.48. The van der Waals surface area contributed by atoms with Crippen molar-refractivity contribution in [3.8, 4) is 5.69 Å². The van der Waals surface area contributed by atoms with Gasteiger partial charge in [-0.2, -0.15) is 0 Å². The molecular weight excluding hydrogens is 332 g/mol. The first-order valence-electron chi connectivity index (χ1n) is 8.03. The topological polar surface area (TPSA) is 59.8 Å². The molecule has 4 aromatic rings. The number of anilines is 1. The lowest BCUT2D eigenvalue weighted by Crippen LogP contribution is -2.15. The van der Waals surface area contributed by atoms with Crippen LogP contribution in [0.4, 0.5) is 5.13 Å². The largest absolute Gasteiger partial charge is 0.296 e. The van der Waals surface area contributed by atoms with E-state index in [-0.39, 0.29) is 5.91 Å². The maximum absolute atomic E-state index is 12.7. The number of hydrogen-bond acceptors (Lipinski definition) is 4. The molecule has 2 aromatic heterocycles. The molecular formula is C19H16N4OS. The van der Waals surface area contributed by atoms with Gasteiger partial charge in [0, 0.05) is 5.69 Å². The van der Waals surface area contributed by atoms with Gasteiger partial charge in [-0.3, -0.25) is 14.7 Å². The number of carbonyl (C=O) groups excluding carboxylic acids is 1. The number of nitrogens with one attached hydrogen (secondary N) is 1. The molecule has 25 heavy (non-hydrogen) atoms. The molecule has 6 heteroatoms. The van der Waals surface area contributed by atoms with E-state index >= 15 is 0 Å². The number of aryl methyl sites for hydroxylation is 1. The summed E-state index contributed by atoms with van der Waals surface area (Å²) in [6, 6.07) is 15.8. The lowest BCUT2D eigenvalue weighted by Gasteiger charge is -2.07. The van der Waals surface area contributed by atoms with E-state index in [1.54, 1.807) is 17.1 Å². The van der Waals surface area contributed by atoms with Gasteiger partial charge in [0.2, 0.25) is 0 Å². The third-order valence-electron chi connectivity index (χ3n) is 3.99. The number of benzene rings is 2. The number of carbonyl (C=O) groups is 1. The summed E-state index contributed by atoms with van der Waals surface area (Å²) < 4.78 is 2.84. The summed E-state index contributed by atoms with van der Waals surface area (Å²) in [6.07, 6.45) is 4.17. The molecule has 0 saturated heterocycles. The zero-order chi connectivity index (χ0) is 17.2. The summed E-state index contributed by atoms with van der Waals surface area (Å²) in [4.78, 5) is 21.3. The fraction of sp³-hybridized carbons (Fsp3) is 0.105. The molecule has 124 valence electrons. The van der Waals surface area contributed by atoms with Crippen LogP contribution in [0.15, 0.2) is 61.1 Å². The van der Waals surface area contributed by atoms with E-state index in [9.17, 15) is 4.79 Å². The summed E-state index contributed by atoms with van der Waals surface area (Å²) in [7, 11) is 0. The minimum atomic E-state index is -0.226. The van der Waals surface area contributed by atoms with Crippen LogP contribution in [0.2, 0.25) is 0 Å². The molecule has 2 heterocycles. The summed E-state index contributed by atoms with van der Waals surface area (Å²) in [5.41, 5.74) is 3.52. The lowest BCUT2D eigenvalue weighted by molar-refractivity contribution is 0.102. The molecule has 5 nitrogen and oxygen atoms in total. The van der Waals surface area contributed by atoms with Crippen LogP contribution in [-0.2, 0) is 6.42 Å². The molecule has 1 N–H and O–H groups in total. The van der Waals surface area contributed by atoms with E-state index in [0.29, 0.717) is 10.8 Å². The second-order valence-corrected chi connectivity index (χ2v) is 6.64. The highest BCUT2D eigenvalue weighted by molar-refractivity contribution is 7.22. The quantitative estimate of drug-likeness (QED) is 0.598. The van der Waals surface area contributed by atoms with Crippen molar-refractivity contribution in [2.24, 2.45) is 0 Å². The Morgan fingerprint density at radius 2 is 2.04 bits per heavy atom. The van der Waals surface area contributed by atoms with Crippen molar-refractivity contribution in [2.45, 2.75) is 13.3 Å². The van der Waals surface area contributed by atoms with Gasteiger partial charge in [-0.15, -0.1) is 0 Å². The van der Waals surface area contributed by atoms with Crippen molar-refractivity contribution in [2.75, 3.05) is 5.32 Å². The molecule has 0 bridgehead atoms. The van der Waals surface area contributed by atoms with E-state index in [1.807, 2.05) is 36.4 Å². The molecule has 0 fully saturated rings. The number of imidazole rings is 1. The molecule has 0 aliphatic rings. The molecule has 0 unspecified atom stereocenters. The fourth-order valence-corrected chi connectivity index (χ4v) is 3.59. The van der Waals surface area contributed by atoms with Crippen LogP contribution >= 0.6 is 11.3 Å². The van der Waals surface area contributed by atoms with E-state index < -0.39 is 0 Å². The lowest BCUT2D eigenvalue weighted by atomic mass is 10.2. The number of para-hydroxylation sites is 1. The Labute approximate surface area is 149 Å². The standard InChI is InChI=1S/C19H16N4OS/c1-2-13-8-9-15-17(10-13)25-19(21-15)22-18(24)16-11-20-12-23(16)14-6-4-3-5-7-14/h3-12H,2H2,1H3,(H,21,22,24). The molecule has 0 saturated carbocycles. The number of nitrogens with zero attached hydrogens (tertiary/aromatic N) is 3. The van der Waals surface area contributed by atoms with Crippen molar-refractivity contribution >= 4 is 32.6 Å². The Morgan fingerprint density at radius 3 is 2.84 bits per heavy atom. The van der Waals surface area contributed by atoms with Gasteiger partial charge >= 0.3 is 0 Å². The monoisotopic (exact) mass is 348 g/mol. The Hall–Kier alpha value is -2.99. The average Bonchev–Trinajstić information content (AvgIpc) is 3.28. The van der Waals surface area contributed by atoms with Gasteiger partial charge in [-0.05, 0) is 36.2 Å². The van der Waals surface area contributed by atoms with Crippen molar-refractivity contribution in [3.63, 3.8) is 0 Å². The van der Waals surface area contributed by atoms with Gasteiger partial charge in [0.25, 0.3) is 5.91 Å². The molecule has 2 aromatic carbocycles. The fourth-order valence-electron chi connectivity index (χ4n) is 2.66. The first-order chi connectivity index (χ1) is 12.2. The van der Waals surface area contributed by atoms with Crippen molar-refractivity contribution in [1.29, 1.82) is 0 Å². The van der Waals surface area contributed by atoms with E-state index in [2.05, 4.69) is 34.3 Å². The van der Waals surface area contributed by atoms with Gasteiger partial charge in [0.15, 0.2) is 5.13 Å². The van der Waals surface area contributed by atoms with Crippen LogP contribution in [0.25, 0.3) is 15.9 Å². The highest BCUT2D eigenvalue weighted by atomic mass is 32.1. The van der Waals surface area contributed by atoms with Crippen molar-refractivity contribution < 1.29 is 4.79 Å². The second kappa shape index (κ2) is 6.49. The summed E-state index contributed by atoms with van der Waals surface area (Å²) in [6.45, 7) is 2.12. The highest BCUT2D eigenvalue weighted by Crippen LogP contribution is 2.27. The van der Waals surface area contributed by atoms with Crippen LogP contribution in [0.1, 0.15) is 23.0 Å². The molecule has 0 radical (unpaired) electrons. The minimum Gasteiger partial charge on any atom is -0.296 e. The minimum absolute atomic E-state index is 0.226. The Kier molecular flexibility index (Phi) is 4.03.